The summed E-state index contributed by atoms with van der Waals surface area (Å²) in [5.41, 5.74) is 0. The van der Waals surface area contributed by atoms with E-state index in [-0.39, 0.29) is 86.5 Å². The van der Waals surface area contributed by atoms with Gasteiger partial charge in [0.1, 0.15) is 0 Å². The van der Waals surface area contributed by atoms with Crippen molar-refractivity contribution in [2.24, 2.45) is 5.92 Å². The molecule has 3 aliphatic heterocycles. The molecule has 0 aromatic carbocycles. The molecule has 16 nitrogen and oxygen atoms in total. The van der Waals surface area contributed by atoms with Gasteiger partial charge in [-0.15, -0.1) is 0 Å². The number of amides is 6. The molecule has 4 rings (SSSR count). The smallest absolute Gasteiger partial charge is 0.253 e. The summed E-state index contributed by atoms with van der Waals surface area (Å²) in [4.78, 5) is 93.5. The van der Waals surface area contributed by atoms with Gasteiger partial charge in [0.05, 0.1) is 85.0 Å². The predicted octanol–water partition coefficient (Wildman–Crippen LogP) is -1.45. The molecule has 0 atom stereocenters. The molecule has 0 bridgehead atoms. The zero-order chi connectivity index (χ0) is 34.0. The lowest BCUT2D eigenvalue weighted by Gasteiger charge is -2.14. The van der Waals surface area contributed by atoms with Gasteiger partial charge in [-0.1, -0.05) is 0 Å². The molecule has 0 saturated carbocycles. The van der Waals surface area contributed by atoms with Crippen molar-refractivity contribution < 1.29 is 62.0 Å². The van der Waals surface area contributed by atoms with E-state index in [2.05, 4.69) is 0 Å². The first-order chi connectivity index (χ1) is 22.7. The third-order valence-corrected chi connectivity index (χ3v) is 6.84. The first-order valence-electron chi connectivity index (χ1n) is 14.9. The first kappa shape index (κ1) is 37.0. The van der Waals surface area contributed by atoms with Crippen molar-refractivity contribution in [3.8, 4) is 0 Å². The first-order valence-corrected chi connectivity index (χ1v) is 14.9. The lowest BCUT2D eigenvalue weighted by molar-refractivity contribution is -0.139. The van der Waals surface area contributed by atoms with Gasteiger partial charge in [0.15, 0.2) is 11.6 Å². The van der Waals surface area contributed by atoms with Gasteiger partial charge in [-0.05, 0) is 18.6 Å². The Morgan fingerprint density at radius 2 is 0.617 bits per heavy atom. The van der Waals surface area contributed by atoms with Gasteiger partial charge in [0.25, 0.3) is 35.4 Å². The van der Waals surface area contributed by atoms with Crippen molar-refractivity contribution in [3.63, 3.8) is 0 Å². The van der Waals surface area contributed by atoms with Crippen molar-refractivity contribution in [1.82, 2.24) is 14.7 Å². The molecule has 0 spiro atoms. The Bertz CT molecular complexity index is 1150. The van der Waals surface area contributed by atoms with Gasteiger partial charge in [0, 0.05) is 43.1 Å². The van der Waals surface area contributed by atoms with Crippen LogP contribution in [0.25, 0.3) is 0 Å². The van der Waals surface area contributed by atoms with Gasteiger partial charge in [0.2, 0.25) is 0 Å². The number of allylic oxidation sites excluding steroid dienone is 2. The number of nitrogens with zero attached hydrogens (tertiary/aromatic N) is 3. The van der Waals surface area contributed by atoms with Crippen molar-refractivity contribution in [3.05, 3.63) is 48.6 Å². The molecule has 0 saturated heterocycles. The Hall–Kier alpha value is -4.48. The molecule has 6 amide bonds. The molecule has 0 fully saturated rings. The molecule has 0 unspecified atom stereocenters. The number of carbonyl (C=O) groups excluding carboxylic acids is 8. The highest BCUT2D eigenvalue weighted by Gasteiger charge is 2.27. The number of hydrogen-bond acceptors (Lipinski definition) is 13. The van der Waals surface area contributed by atoms with Crippen molar-refractivity contribution in [1.29, 1.82) is 0 Å². The minimum atomic E-state index is -0.584. The van der Waals surface area contributed by atoms with E-state index in [0.717, 1.165) is 14.7 Å². The van der Waals surface area contributed by atoms with Gasteiger partial charge >= 0.3 is 0 Å². The zero-order valence-corrected chi connectivity index (χ0v) is 25.7. The number of ether oxygens (including phenoxy) is 5. The fraction of sp³-hybridized carbons (Fsp3) is 0.484. The van der Waals surface area contributed by atoms with Crippen LogP contribution in [0.5, 0.6) is 0 Å². The normalized spacial score (nSPS) is 17.5. The molecule has 1 aliphatic carbocycles. The number of ketones is 2. The molecular weight excluding hydrogens is 622 g/mol. The highest BCUT2D eigenvalue weighted by molar-refractivity contribution is 6.18. The molecule has 16 heteroatoms. The lowest BCUT2D eigenvalue weighted by atomic mass is 10.0. The van der Waals surface area contributed by atoms with Gasteiger partial charge in [-0.3, -0.25) is 53.1 Å². The molecular formula is C31H37N3O13. The van der Waals surface area contributed by atoms with E-state index in [1.807, 2.05) is 0 Å². The lowest BCUT2D eigenvalue weighted by Crippen LogP contribution is -2.34. The molecule has 0 aromatic rings. The average molecular weight is 660 g/mol. The molecule has 254 valence electrons. The quantitative estimate of drug-likeness (QED) is 0.0790. The van der Waals surface area contributed by atoms with Crippen LogP contribution < -0.4 is 0 Å². The number of hydrogen-bond donors (Lipinski definition) is 0. The summed E-state index contributed by atoms with van der Waals surface area (Å²) in [5, 5.41) is 0. The SMILES string of the molecule is O=C1C=CC(=O)C1CCOCCOCCOCCN1C(=O)C=CC1=O.O=C1C=CC(=O)N1CCOCCOCCN1C(=O)C=CC1=O. The van der Waals surface area contributed by atoms with Crippen molar-refractivity contribution in [2.75, 3.05) is 85.7 Å². The van der Waals surface area contributed by atoms with Crippen LogP contribution in [0.2, 0.25) is 0 Å². The fourth-order valence-corrected chi connectivity index (χ4v) is 4.31. The second-order valence-electron chi connectivity index (χ2n) is 10.0. The maximum atomic E-state index is 11.4. The van der Waals surface area contributed by atoms with Crippen LogP contribution in [-0.4, -0.2) is 147 Å². The summed E-state index contributed by atoms with van der Waals surface area (Å²) >= 11 is 0. The van der Waals surface area contributed by atoms with Crippen LogP contribution in [0.3, 0.4) is 0 Å². The summed E-state index contributed by atoms with van der Waals surface area (Å²) in [6.07, 6.45) is 10.4. The van der Waals surface area contributed by atoms with E-state index in [1.54, 1.807) is 0 Å². The van der Waals surface area contributed by atoms with Gasteiger partial charge in [-0.2, -0.15) is 0 Å². The Morgan fingerprint density at radius 3 is 0.915 bits per heavy atom. The van der Waals surface area contributed by atoms with E-state index in [1.165, 1.54) is 48.6 Å². The fourth-order valence-electron chi connectivity index (χ4n) is 4.31. The number of rotatable bonds is 21. The second kappa shape index (κ2) is 19.9. The Labute approximate surface area is 270 Å². The summed E-state index contributed by atoms with van der Waals surface area (Å²) in [5.74, 6) is -2.88. The zero-order valence-electron chi connectivity index (χ0n) is 25.7. The average Bonchev–Trinajstić information content (AvgIpc) is 3.76. The number of imide groups is 3. The topological polar surface area (TPSA) is 192 Å². The van der Waals surface area contributed by atoms with E-state index >= 15 is 0 Å². The van der Waals surface area contributed by atoms with Gasteiger partial charge < -0.3 is 23.7 Å². The second-order valence-corrected chi connectivity index (χ2v) is 10.0. The van der Waals surface area contributed by atoms with E-state index in [4.69, 9.17) is 23.7 Å². The van der Waals surface area contributed by atoms with Crippen molar-refractivity contribution >= 4 is 47.0 Å². The third-order valence-electron chi connectivity index (χ3n) is 6.84. The van der Waals surface area contributed by atoms with Crippen molar-refractivity contribution in [2.45, 2.75) is 6.42 Å². The van der Waals surface area contributed by atoms with Crippen LogP contribution in [0.1, 0.15) is 6.42 Å². The Morgan fingerprint density at radius 1 is 0.362 bits per heavy atom. The Balaban J connectivity index is 0.000000257. The van der Waals surface area contributed by atoms with Crippen LogP contribution >= 0.6 is 0 Å². The summed E-state index contributed by atoms with van der Waals surface area (Å²) in [6, 6.07) is 0. The highest BCUT2D eigenvalue weighted by Crippen LogP contribution is 2.14. The highest BCUT2D eigenvalue weighted by atomic mass is 16.5. The summed E-state index contributed by atoms with van der Waals surface area (Å²) in [6.45, 7) is 3.73. The van der Waals surface area contributed by atoms with Crippen LogP contribution in [-0.2, 0) is 62.0 Å². The predicted molar refractivity (Wildman–Crippen MR) is 159 cm³/mol. The standard InChI is InChI=1S/C17H21NO7.C14H16N2O6/c19-14-1-2-15(20)13(14)5-7-23-9-11-25-12-10-24-8-6-18-16(21)3-4-17(18)22;17-11-1-2-12(18)15(11)5-7-21-9-10-22-8-6-16-13(19)3-4-14(16)20/h1-4,13H,5-12H2;1-4H,5-10H2. The third kappa shape index (κ3) is 12.3. The van der Waals surface area contributed by atoms with E-state index < -0.39 is 5.92 Å². The molecule has 0 radical (unpaired) electrons. The van der Waals surface area contributed by atoms with Crippen LogP contribution in [0, 0.1) is 5.92 Å². The van der Waals surface area contributed by atoms with Crippen LogP contribution in [0.15, 0.2) is 48.6 Å². The maximum absolute atomic E-state index is 11.4. The van der Waals surface area contributed by atoms with E-state index in [9.17, 15) is 38.4 Å². The molecule has 47 heavy (non-hydrogen) atoms. The largest absolute Gasteiger partial charge is 0.379 e. The number of carbonyl (C=O) groups is 8. The summed E-state index contributed by atoms with van der Waals surface area (Å²) < 4.78 is 26.4. The monoisotopic (exact) mass is 659 g/mol. The minimum Gasteiger partial charge on any atom is -0.379 e. The minimum absolute atomic E-state index is 0.157. The molecule has 3 heterocycles. The Kier molecular flexibility index (Phi) is 15.7. The molecule has 0 N–H and O–H groups in total. The molecule has 0 aromatic heterocycles. The van der Waals surface area contributed by atoms with Gasteiger partial charge in [-0.25, -0.2) is 0 Å². The van der Waals surface area contributed by atoms with Crippen LogP contribution in [0.4, 0.5) is 0 Å². The molecule has 4 aliphatic rings. The van der Waals surface area contributed by atoms with E-state index in [0.29, 0.717) is 52.7 Å². The maximum Gasteiger partial charge on any atom is 0.253 e. The summed E-state index contributed by atoms with van der Waals surface area (Å²) in [7, 11) is 0.